The first-order chi connectivity index (χ1) is 12.6. The van der Waals surface area contributed by atoms with E-state index < -0.39 is 0 Å². The van der Waals surface area contributed by atoms with Crippen molar-refractivity contribution in [2.45, 2.75) is 31.3 Å². The maximum atomic E-state index is 13.3. The lowest BCUT2D eigenvalue weighted by atomic mass is 10.1. The number of aromatic nitrogens is 1. The van der Waals surface area contributed by atoms with Gasteiger partial charge in [0, 0.05) is 29.8 Å². The summed E-state index contributed by atoms with van der Waals surface area (Å²) >= 11 is 12.1. The number of carbonyl (C=O) groups excluding carboxylic acids is 1. The summed E-state index contributed by atoms with van der Waals surface area (Å²) in [4.78, 5) is 19.6. The van der Waals surface area contributed by atoms with Crippen molar-refractivity contribution in [3.8, 4) is 11.6 Å². The summed E-state index contributed by atoms with van der Waals surface area (Å²) in [6, 6.07) is 8.97. The zero-order valence-electron chi connectivity index (χ0n) is 14.9. The van der Waals surface area contributed by atoms with Crippen LogP contribution >= 0.6 is 48.0 Å². The quantitative estimate of drug-likeness (QED) is 0.694. The number of hydrogen-bond donors (Lipinski definition) is 1. The summed E-state index contributed by atoms with van der Waals surface area (Å²) in [5, 5.41) is 4.31. The van der Waals surface area contributed by atoms with Crippen LogP contribution in [0.15, 0.2) is 36.5 Å². The number of carbonyl (C=O) groups is 1. The second kappa shape index (κ2) is 9.99. The molecule has 0 spiro atoms. The molecular formula is C19H21Cl4N3O2. The van der Waals surface area contributed by atoms with Crippen molar-refractivity contribution in [2.75, 3.05) is 13.1 Å². The standard InChI is InChI=1S/C19H19Cl2N3O2.2ClH/c20-12-3-6-17(16(21)10-12)26-18-15(2-1-8-23-18)19(25)24-13-4-5-14(24)11-22-9-7-13;;/h1-3,6,8,10,13-14,22H,4-5,7,9,11H2;2*1H. The minimum atomic E-state index is -0.0330. The van der Waals surface area contributed by atoms with E-state index in [1.807, 2.05) is 4.90 Å². The van der Waals surface area contributed by atoms with Crippen LogP contribution in [0.1, 0.15) is 29.6 Å². The normalized spacial score (nSPS) is 20.6. The van der Waals surface area contributed by atoms with E-state index in [1.165, 1.54) is 0 Å². The zero-order chi connectivity index (χ0) is 18.1. The summed E-state index contributed by atoms with van der Waals surface area (Å²) in [7, 11) is 0. The molecule has 1 aromatic carbocycles. The third-order valence-electron chi connectivity index (χ3n) is 4.99. The van der Waals surface area contributed by atoms with Crippen LogP contribution in [-0.4, -0.2) is 41.0 Å². The van der Waals surface area contributed by atoms with Crippen LogP contribution in [0.3, 0.4) is 0 Å². The van der Waals surface area contributed by atoms with Crippen LogP contribution in [0.5, 0.6) is 11.6 Å². The topological polar surface area (TPSA) is 54.5 Å². The molecular weight excluding hydrogens is 444 g/mol. The van der Waals surface area contributed by atoms with Gasteiger partial charge in [-0.2, -0.15) is 0 Å². The fourth-order valence-corrected chi connectivity index (χ4v) is 4.20. The Labute approximate surface area is 186 Å². The Balaban J connectivity index is 0.00000140. The van der Waals surface area contributed by atoms with Gasteiger partial charge < -0.3 is 15.0 Å². The number of benzene rings is 1. The summed E-state index contributed by atoms with van der Waals surface area (Å²) in [5.41, 5.74) is 0.456. The molecule has 2 saturated heterocycles. The van der Waals surface area contributed by atoms with Gasteiger partial charge in [0.1, 0.15) is 11.3 Å². The number of halogens is 4. The number of rotatable bonds is 3. The van der Waals surface area contributed by atoms with Crippen molar-refractivity contribution in [2.24, 2.45) is 0 Å². The molecule has 152 valence electrons. The van der Waals surface area contributed by atoms with Crippen molar-refractivity contribution in [3.05, 3.63) is 52.1 Å². The van der Waals surface area contributed by atoms with Gasteiger partial charge in [-0.1, -0.05) is 23.2 Å². The van der Waals surface area contributed by atoms with E-state index in [4.69, 9.17) is 27.9 Å². The van der Waals surface area contributed by atoms with Crippen LogP contribution < -0.4 is 10.1 Å². The highest BCUT2D eigenvalue weighted by atomic mass is 35.5. The molecule has 1 N–H and O–H groups in total. The van der Waals surface area contributed by atoms with Crippen molar-refractivity contribution in [1.82, 2.24) is 15.2 Å². The van der Waals surface area contributed by atoms with Crippen molar-refractivity contribution in [1.29, 1.82) is 0 Å². The lowest BCUT2D eigenvalue weighted by molar-refractivity contribution is 0.0677. The number of pyridine rings is 1. The Morgan fingerprint density at radius 3 is 2.71 bits per heavy atom. The average molecular weight is 465 g/mol. The van der Waals surface area contributed by atoms with Gasteiger partial charge in [-0.25, -0.2) is 4.98 Å². The molecule has 3 heterocycles. The number of fused-ring (bicyclic) bond motifs is 2. The van der Waals surface area contributed by atoms with Crippen molar-refractivity contribution in [3.63, 3.8) is 0 Å². The van der Waals surface area contributed by atoms with E-state index in [1.54, 1.807) is 36.5 Å². The highest BCUT2D eigenvalue weighted by Crippen LogP contribution is 2.34. The van der Waals surface area contributed by atoms with Crippen molar-refractivity contribution < 1.29 is 9.53 Å². The molecule has 4 rings (SSSR count). The first-order valence-corrected chi connectivity index (χ1v) is 9.50. The monoisotopic (exact) mass is 463 g/mol. The first-order valence-electron chi connectivity index (χ1n) is 8.75. The van der Waals surface area contributed by atoms with E-state index in [0.717, 1.165) is 32.4 Å². The molecule has 9 heteroatoms. The molecule has 2 aliphatic heterocycles. The smallest absolute Gasteiger partial charge is 0.259 e. The van der Waals surface area contributed by atoms with E-state index in [0.29, 0.717) is 21.4 Å². The second-order valence-corrected chi connectivity index (χ2v) is 7.47. The predicted molar refractivity (Wildman–Crippen MR) is 116 cm³/mol. The fourth-order valence-electron chi connectivity index (χ4n) is 3.75. The Kier molecular flexibility index (Phi) is 8.22. The third-order valence-corrected chi connectivity index (χ3v) is 5.52. The predicted octanol–water partition coefficient (Wildman–Crippen LogP) is 4.99. The zero-order valence-corrected chi connectivity index (χ0v) is 18.1. The molecule has 2 bridgehead atoms. The molecule has 2 fully saturated rings. The third kappa shape index (κ3) is 4.66. The Morgan fingerprint density at radius 2 is 1.93 bits per heavy atom. The van der Waals surface area contributed by atoms with Crippen LogP contribution in [0.4, 0.5) is 0 Å². The maximum absolute atomic E-state index is 13.3. The van der Waals surface area contributed by atoms with Gasteiger partial charge in [-0.05, 0) is 56.1 Å². The summed E-state index contributed by atoms with van der Waals surface area (Å²) < 4.78 is 5.86. The Bertz CT molecular complexity index is 823. The van der Waals surface area contributed by atoms with Gasteiger partial charge in [0.15, 0.2) is 0 Å². The van der Waals surface area contributed by atoms with E-state index in [2.05, 4.69) is 10.3 Å². The van der Waals surface area contributed by atoms with Gasteiger partial charge in [0.05, 0.1) is 5.02 Å². The highest BCUT2D eigenvalue weighted by molar-refractivity contribution is 6.35. The second-order valence-electron chi connectivity index (χ2n) is 6.62. The summed E-state index contributed by atoms with van der Waals surface area (Å²) in [6.45, 7) is 1.78. The highest BCUT2D eigenvalue weighted by Gasteiger charge is 2.39. The minimum Gasteiger partial charge on any atom is -0.437 e. The van der Waals surface area contributed by atoms with Crippen LogP contribution in [0, 0.1) is 0 Å². The van der Waals surface area contributed by atoms with Crippen molar-refractivity contribution >= 4 is 53.9 Å². The molecule has 1 aromatic heterocycles. The van der Waals surface area contributed by atoms with Gasteiger partial charge in [-0.15, -0.1) is 24.8 Å². The van der Waals surface area contributed by atoms with Gasteiger partial charge >= 0.3 is 0 Å². The number of ether oxygens (including phenoxy) is 1. The minimum absolute atomic E-state index is 0. The number of amides is 1. The molecule has 2 unspecified atom stereocenters. The Morgan fingerprint density at radius 1 is 1.14 bits per heavy atom. The molecule has 0 aliphatic carbocycles. The molecule has 0 saturated carbocycles. The molecule has 2 atom stereocenters. The first kappa shape index (κ1) is 23.0. The van der Waals surface area contributed by atoms with E-state index in [-0.39, 0.29) is 48.7 Å². The van der Waals surface area contributed by atoms with Gasteiger partial charge in [0.25, 0.3) is 5.91 Å². The van der Waals surface area contributed by atoms with Crippen LogP contribution in [0.25, 0.3) is 0 Å². The van der Waals surface area contributed by atoms with Gasteiger partial charge in [0.2, 0.25) is 5.88 Å². The largest absolute Gasteiger partial charge is 0.437 e. The molecule has 2 aliphatic rings. The lowest BCUT2D eigenvalue weighted by Crippen LogP contribution is -2.42. The number of nitrogens with zero attached hydrogens (tertiary/aromatic N) is 2. The molecule has 2 aromatic rings. The summed E-state index contributed by atoms with van der Waals surface area (Å²) in [5.74, 6) is 0.650. The van der Waals surface area contributed by atoms with Crippen LogP contribution in [0.2, 0.25) is 10.0 Å². The van der Waals surface area contributed by atoms with E-state index >= 15 is 0 Å². The number of hydrogen-bond acceptors (Lipinski definition) is 4. The van der Waals surface area contributed by atoms with Crippen LogP contribution in [-0.2, 0) is 0 Å². The number of nitrogens with one attached hydrogen (secondary N) is 1. The lowest BCUT2D eigenvalue weighted by Gasteiger charge is -2.28. The molecule has 0 radical (unpaired) electrons. The molecule has 28 heavy (non-hydrogen) atoms. The fraction of sp³-hybridized carbons (Fsp3) is 0.368. The average Bonchev–Trinajstić information content (AvgIpc) is 2.90. The Hall–Kier alpha value is -1.24. The summed E-state index contributed by atoms with van der Waals surface area (Å²) in [6.07, 6.45) is 4.66. The SMILES string of the molecule is Cl.Cl.O=C(c1cccnc1Oc1ccc(Cl)cc1Cl)N1C2CCNCC1CC2. The molecule has 5 nitrogen and oxygen atoms in total. The van der Waals surface area contributed by atoms with Gasteiger partial charge in [-0.3, -0.25) is 4.79 Å². The molecule has 1 amide bonds. The maximum Gasteiger partial charge on any atom is 0.259 e. The van der Waals surface area contributed by atoms with E-state index in [9.17, 15) is 4.79 Å².